The van der Waals surface area contributed by atoms with Gasteiger partial charge in [0.1, 0.15) is 5.69 Å². The van der Waals surface area contributed by atoms with Gasteiger partial charge < -0.3 is 4.90 Å². The van der Waals surface area contributed by atoms with E-state index >= 15 is 0 Å². The Bertz CT molecular complexity index is 916. The van der Waals surface area contributed by atoms with Crippen molar-refractivity contribution in [2.24, 2.45) is 5.92 Å². The Labute approximate surface area is 158 Å². The standard InChI is InChI=1S/C20H24N4O3/c1-12-7-16(24-11-21-9-17(24)19(25)22(3)27-4)8-15-10-23(20(26)18(12)15)13(2)14-5-6-14/h7-9,11,13-14H,5-6,10H2,1-4H3/t13-/m0/s1. The van der Waals surface area contributed by atoms with Gasteiger partial charge in [-0.3, -0.25) is 19.0 Å². The highest BCUT2D eigenvalue weighted by Crippen LogP contribution is 2.39. The molecule has 2 amide bonds. The van der Waals surface area contributed by atoms with E-state index in [1.807, 2.05) is 24.0 Å². The SMILES string of the molecule is CON(C)C(=O)c1cncn1-c1cc(C)c2c(c1)CN([C@@H](C)C1CC1)C2=O. The third-order valence-electron chi connectivity index (χ3n) is 5.71. The molecule has 1 fully saturated rings. The first kappa shape index (κ1) is 17.7. The monoisotopic (exact) mass is 368 g/mol. The summed E-state index contributed by atoms with van der Waals surface area (Å²) in [5, 5.41) is 1.16. The number of amides is 2. The van der Waals surface area contributed by atoms with Crippen molar-refractivity contribution in [1.82, 2.24) is 19.5 Å². The molecule has 7 heteroatoms. The van der Waals surface area contributed by atoms with Crippen LogP contribution in [0.3, 0.4) is 0 Å². The lowest BCUT2D eigenvalue weighted by Gasteiger charge is -2.24. The summed E-state index contributed by atoms with van der Waals surface area (Å²) in [6.07, 6.45) is 5.55. The van der Waals surface area contributed by atoms with Gasteiger partial charge >= 0.3 is 0 Å². The highest BCUT2D eigenvalue weighted by Gasteiger charge is 2.39. The zero-order valence-electron chi connectivity index (χ0n) is 16.1. The van der Waals surface area contributed by atoms with Crippen LogP contribution < -0.4 is 0 Å². The van der Waals surface area contributed by atoms with Gasteiger partial charge in [-0.05, 0) is 55.9 Å². The van der Waals surface area contributed by atoms with Crippen LogP contribution >= 0.6 is 0 Å². The molecule has 142 valence electrons. The van der Waals surface area contributed by atoms with Crippen LogP contribution in [0.4, 0.5) is 0 Å². The summed E-state index contributed by atoms with van der Waals surface area (Å²) in [4.78, 5) is 36.5. The largest absolute Gasteiger partial charge is 0.331 e. The summed E-state index contributed by atoms with van der Waals surface area (Å²) in [6, 6.07) is 4.20. The number of hydrogen-bond acceptors (Lipinski definition) is 4. The van der Waals surface area contributed by atoms with E-state index in [0.29, 0.717) is 18.2 Å². The summed E-state index contributed by atoms with van der Waals surface area (Å²) < 4.78 is 1.74. The molecule has 2 aromatic rings. The molecule has 1 aliphatic heterocycles. The summed E-state index contributed by atoms with van der Waals surface area (Å²) >= 11 is 0. The Morgan fingerprint density at radius 3 is 2.78 bits per heavy atom. The average molecular weight is 368 g/mol. The molecule has 1 atom stereocenters. The van der Waals surface area contributed by atoms with Crippen LogP contribution in [0.5, 0.6) is 0 Å². The summed E-state index contributed by atoms with van der Waals surface area (Å²) in [5.41, 5.74) is 3.96. The van der Waals surface area contributed by atoms with E-state index in [4.69, 9.17) is 4.84 Å². The van der Waals surface area contributed by atoms with Crippen LogP contribution in [0.2, 0.25) is 0 Å². The van der Waals surface area contributed by atoms with Gasteiger partial charge in [-0.25, -0.2) is 10.0 Å². The van der Waals surface area contributed by atoms with Crippen molar-refractivity contribution in [2.75, 3.05) is 14.2 Å². The molecule has 1 aromatic carbocycles. The van der Waals surface area contributed by atoms with Crippen molar-refractivity contribution in [2.45, 2.75) is 39.3 Å². The molecule has 0 N–H and O–H groups in total. The zero-order chi connectivity index (χ0) is 19.3. The van der Waals surface area contributed by atoms with Gasteiger partial charge in [0.05, 0.1) is 19.6 Å². The number of hydroxylamine groups is 2. The lowest BCUT2D eigenvalue weighted by atomic mass is 10.0. The molecule has 1 saturated carbocycles. The number of hydrogen-bond donors (Lipinski definition) is 0. The minimum Gasteiger partial charge on any atom is -0.331 e. The van der Waals surface area contributed by atoms with Gasteiger partial charge in [0.15, 0.2) is 0 Å². The van der Waals surface area contributed by atoms with Gasteiger partial charge in [-0.1, -0.05) is 0 Å². The summed E-state index contributed by atoms with van der Waals surface area (Å²) in [5.74, 6) is 0.466. The molecule has 0 spiro atoms. The third-order valence-corrected chi connectivity index (χ3v) is 5.71. The van der Waals surface area contributed by atoms with E-state index in [-0.39, 0.29) is 17.9 Å². The van der Waals surface area contributed by atoms with E-state index < -0.39 is 0 Å². The van der Waals surface area contributed by atoms with Crippen LogP contribution in [-0.4, -0.2) is 51.5 Å². The number of fused-ring (bicyclic) bond motifs is 1. The first-order valence-corrected chi connectivity index (χ1v) is 9.21. The summed E-state index contributed by atoms with van der Waals surface area (Å²) in [7, 11) is 3.00. The predicted molar refractivity (Wildman–Crippen MR) is 99.5 cm³/mol. The van der Waals surface area contributed by atoms with Gasteiger partial charge in [0, 0.05) is 30.9 Å². The smallest absolute Gasteiger partial charge is 0.295 e. The second-order valence-electron chi connectivity index (χ2n) is 7.44. The normalized spacial score (nSPS) is 17.2. The molecule has 27 heavy (non-hydrogen) atoms. The number of imidazole rings is 1. The predicted octanol–water partition coefficient (Wildman–Crippen LogP) is 2.57. The number of aryl methyl sites for hydroxylation is 1. The van der Waals surface area contributed by atoms with Crippen LogP contribution in [0, 0.1) is 12.8 Å². The molecule has 4 rings (SSSR count). The first-order valence-electron chi connectivity index (χ1n) is 9.21. The maximum Gasteiger partial charge on any atom is 0.295 e. The fraction of sp³-hybridized carbons (Fsp3) is 0.450. The van der Waals surface area contributed by atoms with Crippen LogP contribution in [0.25, 0.3) is 5.69 Å². The minimum atomic E-state index is -0.284. The maximum absolute atomic E-state index is 12.9. The van der Waals surface area contributed by atoms with Crippen molar-refractivity contribution >= 4 is 11.8 Å². The fourth-order valence-corrected chi connectivity index (χ4v) is 3.87. The molecule has 0 radical (unpaired) electrons. The number of benzene rings is 1. The molecule has 0 bridgehead atoms. The number of rotatable bonds is 5. The van der Waals surface area contributed by atoms with E-state index in [2.05, 4.69) is 11.9 Å². The van der Waals surface area contributed by atoms with E-state index in [9.17, 15) is 9.59 Å². The van der Waals surface area contributed by atoms with Gasteiger partial charge in [-0.2, -0.15) is 0 Å². The Kier molecular flexibility index (Phi) is 4.26. The summed E-state index contributed by atoms with van der Waals surface area (Å²) in [6.45, 7) is 4.71. The second-order valence-corrected chi connectivity index (χ2v) is 7.44. The highest BCUT2D eigenvalue weighted by molar-refractivity contribution is 6.00. The topological polar surface area (TPSA) is 67.7 Å². The molecule has 1 aliphatic carbocycles. The fourth-order valence-electron chi connectivity index (χ4n) is 3.87. The molecule has 7 nitrogen and oxygen atoms in total. The van der Waals surface area contributed by atoms with Crippen molar-refractivity contribution in [3.8, 4) is 5.69 Å². The van der Waals surface area contributed by atoms with Gasteiger partial charge in [0.25, 0.3) is 11.8 Å². The Hall–Kier alpha value is -2.67. The quantitative estimate of drug-likeness (QED) is 0.761. The highest BCUT2D eigenvalue weighted by atomic mass is 16.7. The number of carbonyl (C=O) groups is 2. The lowest BCUT2D eigenvalue weighted by Crippen LogP contribution is -2.34. The zero-order valence-corrected chi connectivity index (χ0v) is 16.1. The molecular weight excluding hydrogens is 344 g/mol. The molecule has 2 heterocycles. The molecule has 1 aromatic heterocycles. The Morgan fingerprint density at radius 2 is 2.11 bits per heavy atom. The van der Waals surface area contributed by atoms with Crippen LogP contribution in [0.1, 0.15) is 51.7 Å². The number of carbonyl (C=O) groups excluding carboxylic acids is 2. The molecule has 0 unspecified atom stereocenters. The average Bonchev–Trinajstić information content (AvgIpc) is 3.29. The maximum atomic E-state index is 12.9. The van der Waals surface area contributed by atoms with E-state index in [1.54, 1.807) is 17.9 Å². The van der Waals surface area contributed by atoms with E-state index in [0.717, 1.165) is 27.4 Å². The van der Waals surface area contributed by atoms with Gasteiger partial charge in [0.2, 0.25) is 0 Å². The van der Waals surface area contributed by atoms with Crippen molar-refractivity contribution in [1.29, 1.82) is 0 Å². The first-order chi connectivity index (χ1) is 12.9. The van der Waals surface area contributed by atoms with Gasteiger partial charge in [-0.15, -0.1) is 0 Å². The van der Waals surface area contributed by atoms with Crippen molar-refractivity contribution in [3.05, 3.63) is 47.0 Å². The second kappa shape index (κ2) is 6.49. The third kappa shape index (κ3) is 2.92. The molecule has 0 saturated heterocycles. The van der Waals surface area contributed by atoms with Crippen molar-refractivity contribution in [3.63, 3.8) is 0 Å². The Morgan fingerprint density at radius 1 is 1.37 bits per heavy atom. The molecule has 2 aliphatic rings. The number of aromatic nitrogens is 2. The van der Waals surface area contributed by atoms with Crippen LogP contribution in [-0.2, 0) is 11.4 Å². The molecular formula is C20H24N4O3. The van der Waals surface area contributed by atoms with E-state index in [1.165, 1.54) is 26.1 Å². The van der Waals surface area contributed by atoms with Crippen LogP contribution in [0.15, 0.2) is 24.7 Å². The van der Waals surface area contributed by atoms with Crippen molar-refractivity contribution < 1.29 is 14.4 Å². The number of nitrogens with zero attached hydrogens (tertiary/aromatic N) is 4. The minimum absolute atomic E-state index is 0.120. The Balaban J connectivity index is 1.70. The lowest BCUT2D eigenvalue weighted by molar-refractivity contribution is -0.0761.